The Morgan fingerprint density at radius 3 is 2.27 bits per heavy atom. The Balaban J connectivity index is 1.99. The van der Waals surface area contributed by atoms with Gasteiger partial charge < -0.3 is 10.6 Å². The molecule has 0 spiro atoms. The van der Waals surface area contributed by atoms with Crippen LogP contribution in [0.3, 0.4) is 0 Å². The molecule has 0 bridgehead atoms. The molecule has 0 fully saturated rings. The quantitative estimate of drug-likeness (QED) is 0.469. The van der Waals surface area contributed by atoms with Gasteiger partial charge in [-0.25, -0.2) is 0 Å². The number of nitro groups is 1. The van der Waals surface area contributed by atoms with Crippen LogP contribution in [0.2, 0.25) is 0 Å². The van der Waals surface area contributed by atoms with Crippen LogP contribution in [0.5, 0.6) is 0 Å². The fraction of sp³-hybridized carbons (Fsp3) is 0.167. The van der Waals surface area contributed by atoms with Gasteiger partial charge in [-0.3, -0.25) is 24.5 Å². The molecule has 0 aliphatic rings. The van der Waals surface area contributed by atoms with Crippen LogP contribution >= 0.6 is 0 Å². The molecule has 8 heteroatoms. The van der Waals surface area contributed by atoms with E-state index in [2.05, 4.69) is 10.6 Å². The Morgan fingerprint density at radius 2 is 1.69 bits per heavy atom. The first-order chi connectivity index (χ1) is 12.3. The second kappa shape index (κ2) is 8.02. The zero-order valence-corrected chi connectivity index (χ0v) is 14.2. The summed E-state index contributed by atoms with van der Waals surface area (Å²) in [7, 11) is 0. The van der Waals surface area contributed by atoms with Gasteiger partial charge in [-0.15, -0.1) is 0 Å². The third-order valence-corrected chi connectivity index (χ3v) is 3.62. The first-order valence-electron chi connectivity index (χ1n) is 7.75. The molecule has 2 N–H and O–H groups in total. The van der Waals surface area contributed by atoms with E-state index in [1.165, 1.54) is 32.0 Å². The van der Waals surface area contributed by atoms with E-state index in [0.717, 1.165) is 6.07 Å². The summed E-state index contributed by atoms with van der Waals surface area (Å²) in [6.07, 6.45) is 0. The number of nitrogens with zero attached hydrogens (tertiary/aromatic N) is 1. The molecule has 8 nitrogen and oxygen atoms in total. The molecule has 0 saturated carbocycles. The first-order valence-corrected chi connectivity index (χ1v) is 7.75. The van der Waals surface area contributed by atoms with Crippen LogP contribution < -0.4 is 10.6 Å². The monoisotopic (exact) mass is 355 g/mol. The van der Waals surface area contributed by atoms with Crippen LogP contribution in [-0.2, 0) is 4.79 Å². The molecule has 2 rings (SSSR count). The van der Waals surface area contributed by atoms with Gasteiger partial charge in [-0.05, 0) is 44.2 Å². The number of Topliss-reactive ketones (excluding diaryl/α,β-unsaturated/α-hetero) is 1. The molecule has 2 aromatic carbocycles. The molecule has 0 aliphatic heterocycles. The Bertz CT molecular complexity index is 861. The number of carbonyl (C=O) groups is 3. The highest BCUT2D eigenvalue weighted by molar-refractivity contribution is 6.01. The molecule has 0 heterocycles. The zero-order valence-electron chi connectivity index (χ0n) is 14.2. The number of hydrogen-bond acceptors (Lipinski definition) is 5. The van der Waals surface area contributed by atoms with Gasteiger partial charge in [-0.2, -0.15) is 0 Å². The lowest BCUT2D eigenvalue weighted by atomic mass is 10.1. The number of anilines is 1. The van der Waals surface area contributed by atoms with Crippen molar-refractivity contribution in [1.82, 2.24) is 5.32 Å². The molecular formula is C18H17N3O5. The van der Waals surface area contributed by atoms with Gasteiger partial charge in [0.05, 0.1) is 4.92 Å². The molecule has 0 saturated heterocycles. The molecule has 26 heavy (non-hydrogen) atoms. The fourth-order valence-electron chi connectivity index (χ4n) is 2.15. The average molecular weight is 355 g/mol. The van der Waals surface area contributed by atoms with Crippen molar-refractivity contribution in [2.75, 3.05) is 5.32 Å². The predicted molar refractivity (Wildman–Crippen MR) is 95.1 cm³/mol. The number of carbonyl (C=O) groups excluding carboxylic acids is 3. The second-order valence-electron chi connectivity index (χ2n) is 5.63. The summed E-state index contributed by atoms with van der Waals surface area (Å²) in [5.74, 6) is -1.14. The van der Waals surface area contributed by atoms with Crippen molar-refractivity contribution in [1.29, 1.82) is 0 Å². The summed E-state index contributed by atoms with van der Waals surface area (Å²) in [6.45, 7) is 2.94. The van der Waals surface area contributed by atoms with E-state index < -0.39 is 22.8 Å². The SMILES string of the molecule is CC(=O)c1ccc(NC(=O)[C@H](C)NC(=O)c2cccc([N+](=O)[O-])c2)cc1. The van der Waals surface area contributed by atoms with Gasteiger partial charge in [0, 0.05) is 28.9 Å². The molecule has 0 radical (unpaired) electrons. The summed E-state index contributed by atoms with van der Waals surface area (Å²) in [5.41, 5.74) is 0.886. The molecule has 2 amide bonds. The van der Waals surface area contributed by atoms with Gasteiger partial charge in [-0.1, -0.05) is 6.07 Å². The summed E-state index contributed by atoms with van der Waals surface area (Å²) in [6, 6.07) is 10.7. The molecular weight excluding hydrogens is 338 g/mol. The normalized spacial score (nSPS) is 11.3. The van der Waals surface area contributed by atoms with Crippen molar-refractivity contribution in [3.63, 3.8) is 0 Å². The van der Waals surface area contributed by atoms with E-state index in [0.29, 0.717) is 11.3 Å². The Hall–Kier alpha value is -3.55. The maximum atomic E-state index is 12.2. The maximum absolute atomic E-state index is 12.2. The van der Waals surface area contributed by atoms with E-state index in [1.807, 2.05) is 0 Å². The minimum absolute atomic E-state index is 0.0829. The van der Waals surface area contributed by atoms with Crippen molar-refractivity contribution in [2.24, 2.45) is 0 Å². The van der Waals surface area contributed by atoms with E-state index in [-0.39, 0.29) is 17.0 Å². The van der Waals surface area contributed by atoms with E-state index in [9.17, 15) is 24.5 Å². The number of amides is 2. The summed E-state index contributed by atoms with van der Waals surface area (Å²) < 4.78 is 0. The second-order valence-corrected chi connectivity index (χ2v) is 5.63. The summed E-state index contributed by atoms with van der Waals surface area (Å²) in [5, 5.41) is 15.9. The van der Waals surface area contributed by atoms with E-state index in [4.69, 9.17) is 0 Å². The molecule has 0 unspecified atom stereocenters. The van der Waals surface area contributed by atoms with Crippen LogP contribution in [0.15, 0.2) is 48.5 Å². The largest absolute Gasteiger partial charge is 0.341 e. The van der Waals surface area contributed by atoms with Crippen molar-refractivity contribution >= 4 is 29.0 Å². The van der Waals surface area contributed by atoms with Crippen LogP contribution in [0.4, 0.5) is 11.4 Å². The highest BCUT2D eigenvalue weighted by atomic mass is 16.6. The van der Waals surface area contributed by atoms with Crippen LogP contribution in [0.1, 0.15) is 34.6 Å². The van der Waals surface area contributed by atoms with Gasteiger partial charge in [0.2, 0.25) is 5.91 Å². The molecule has 1 atom stereocenters. The number of benzene rings is 2. The van der Waals surface area contributed by atoms with Gasteiger partial charge in [0.25, 0.3) is 11.6 Å². The van der Waals surface area contributed by atoms with Crippen LogP contribution in [0.25, 0.3) is 0 Å². The molecule has 2 aromatic rings. The average Bonchev–Trinajstić information content (AvgIpc) is 2.62. The number of nitro benzene ring substituents is 1. The summed E-state index contributed by atoms with van der Waals surface area (Å²) in [4.78, 5) is 45.7. The Kier molecular flexibility index (Phi) is 5.79. The van der Waals surface area contributed by atoms with Crippen LogP contribution in [-0.4, -0.2) is 28.6 Å². The van der Waals surface area contributed by atoms with E-state index >= 15 is 0 Å². The minimum Gasteiger partial charge on any atom is -0.341 e. The first kappa shape index (κ1) is 18.8. The predicted octanol–water partition coefficient (Wildman–Crippen LogP) is 2.55. The molecule has 0 aromatic heterocycles. The number of non-ortho nitro benzene ring substituents is 1. The lowest BCUT2D eigenvalue weighted by Crippen LogP contribution is -2.41. The van der Waals surface area contributed by atoms with Gasteiger partial charge >= 0.3 is 0 Å². The third-order valence-electron chi connectivity index (χ3n) is 3.62. The Labute approximate surface area is 149 Å². The Morgan fingerprint density at radius 1 is 1.04 bits per heavy atom. The lowest BCUT2D eigenvalue weighted by molar-refractivity contribution is -0.384. The lowest BCUT2D eigenvalue weighted by Gasteiger charge is -2.14. The maximum Gasteiger partial charge on any atom is 0.270 e. The van der Waals surface area contributed by atoms with Crippen LogP contribution in [0, 0.1) is 10.1 Å². The van der Waals surface area contributed by atoms with Crippen molar-refractivity contribution in [2.45, 2.75) is 19.9 Å². The number of hydrogen-bond donors (Lipinski definition) is 2. The summed E-state index contributed by atoms with van der Waals surface area (Å²) >= 11 is 0. The minimum atomic E-state index is -0.866. The fourth-order valence-corrected chi connectivity index (χ4v) is 2.15. The van der Waals surface area contributed by atoms with Gasteiger partial charge in [0.15, 0.2) is 5.78 Å². The zero-order chi connectivity index (χ0) is 19.3. The number of ketones is 1. The van der Waals surface area contributed by atoms with Gasteiger partial charge in [0.1, 0.15) is 6.04 Å². The van der Waals surface area contributed by atoms with Crippen molar-refractivity contribution < 1.29 is 19.3 Å². The molecule has 134 valence electrons. The highest BCUT2D eigenvalue weighted by Gasteiger charge is 2.18. The smallest absolute Gasteiger partial charge is 0.270 e. The third kappa shape index (κ3) is 4.73. The number of nitrogens with one attached hydrogen (secondary N) is 2. The van der Waals surface area contributed by atoms with Crippen molar-refractivity contribution in [3.8, 4) is 0 Å². The van der Waals surface area contributed by atoms with Crippen molar-refractivity contribution in [3.05, 3.63) is 69.8 Å². The van der Waals surface area contributed by atoms with E-state index in [1.54, 1.807) is 24.3 Å². The number of rotatable bonds is 6. The molecule has 0 aliphatic carbocycles. The highest BCUT2D eigenvalue weighted by Crippen LogP contribution is 2.13. The topological polar surface area (TPSA) is 118 Å². The standard InChI is InChI=1S/C18H17N3O5/c1-11(17(23)20-15-8-6-13(7-9-15)12(2)22)19-18(24)14-4-3-5-16(10-14)21(25)26/h3-11H,1-2H3,(H,19,24)(H,20,23)/t11-/m0/s1.